The van der Waals surface area contributed by atoms with Crippen molar-refractivity contribution in [2.45, 2.75) is 25.3 Å². The number of carboxylic acid groups (broad SMARTS) is 1. The highest BCUT2D eigenvalue weighted by Crippen LogP contribution is 2.19. The summed E-state index contributed by atoms with van der Waals surface area (Å²) in [7, 11) is 0. The SMILES string of the molecule is CC(=CCNC1(CO)CCOCC1)C(=O)O. The molecule has 0 aromatic carbocycles. The van der Waals surface area contributed by atoms with Crippen molar-refractivity contribution < 1.29 is 19.7 Å². The third-order valence-corrected chi connectivity index (χ3v) is 2.98. The average molecular weight is 229 g/mol. The first-order valence-electron chi connectivity index (χ1n) is 5.43. The highest BCUT2D eigenvalue weighted by Gasteiger charge is 2.30. The van der Waals surface area contributed by atoms with Crippen molar-refractivity contribution in [2.75, 3.05) is 26.4 Å². The van der Waals surface area contributed by atoms with E-state index in [2.05, 4.69) is 5.32 Å². The Bertz CT molecular complexity index is 269. The molecule has 1 heterocycles. The van der Waals surface area contributed by atoms with Crippen LogP contribution in [0.3, 0.4) is 0 Å². The Kier molecular flexibility index (Phi) is 4.92. The molecule has 5 nitrogen and oxygen atoms in total. The summed E-state index contributed by atoms with van der Waals surface area (Å²) in [5.41, 5.74) is 0.000667. The smallest absolute Gasteiger partial charge is 0.330 e. The largest absolute Gasteiger partial charge is 0.478 e. The second-order valence-electron chi connectivity index (χ2n) is 4.12. The number of hydrogen-bond acceptors (Lipinski definition) is 4. The normalized spacial score (nSPS) is 20.8. The maximum Gasteiger partial charge on any atom is 0.330 e. The zero-order valence-corrected chi connectivity index (χ0v) is 9.53. The van der Waals surface area contributed by atoms with Crippen molar-refractivity contribution in [1.82, 2.24) is 5.32 Å². The molecule has 1 aliphatic rings. The number of aliphatic hydroxyl groups is 1. The van der Waals surface area contributed by atoms with E-state index in [0.29, 0.717) is 25.3 Å². The maximum atomic E-state index is 10.6. The standard InChI is InChI=1S/C11H19NO4/c1-9(10(14)15)2-5-12-11(8-13)3-6-16-7-4-11/h2,12-13H,3-8H2,1H3,(H,14,15). The van der Waals surface area contributed by atoms with Gasteiger partial charge in [-0.15, -0.1) is 0 Å². The zero-order valence-electron chi connectivity index (χ0n) is 9.53. The van der Waals surface area contributed by atoms with Crippen LogP contribution >= 0.6 is 0 Å². The van der Waals surface area contributed by atoms with Crippen LogP contribution in [0.4, 0.5) is 0 Å². The van der Waals surface area contributed by atoms with Crippen LogP contribution in [0, 0.1) is 0 Å². The topological polar surface area (TPSA) is 78.8 Å². The highest BCUT2D eigenvalue weighted by atomic mass is 16.5. The first kappa shape index (κ1) is 13.2. The fourth-order valence-electron chi connectivity index (χ4n) is 1.66. The van der Waals surface area contributed by atoms with Crippen LogP contribution in [0.5, 0.6) is 0 Å². The Balaban J connectivity index is 2.45. The van der Waals surface area contributed by atoms with Gasteiger partial charge in [0.25, 0.3) is 0 Å². The summed E-state index contributed by atoms with van der Waals surface area (Å²) in [5, 5.41) is 21.2. The van der Waals surface area contributed by atoms with Gasteiger partial charge in [0, 0.05) is 30.9 Å². The molecular formula is C11H19NO4. The van der Waals surface area contributed by atoms with Crippen molar-refractivity contribution >= 4 is 5.97 Å². The number of carbonyl (C=O) groups is 1. The summed E-state index contributed by atoms with van der Waals surface area (Å²) in [6.07, 6.45) is 3.13. The van der Waals surface area contributed by atoms with Crippen molar-refractivity contribution in [3.8, 4) is 0 Å². The fourth-order valence-corrected chi connectivity index (χ4v) is 1.66. The van der Waals surface area contributed by atoms with Gasteiger partial charge in [-0.1, -0.05) is 6.08 Å². The fraction of sp³-hybridized carbons (Fsp3) is 0.727. The lowest BCUT2D eigenvalue weighted by Gasteiger charge is -2.36. The molecule has 0 bridgehead atoms. The number of rotatable bonds is 5. The minimum absolute atomic E-state index is 0.0519. The van der Waals surface area contributed by atoms with Crippen LogP contribution < -0.4 is 5.32 Å². The molecule has 0 unspecified atom stereocenters. The molecule has 1 rings (SSSR count). The molecule has 16 heavy (non-hydrogen) atoms. The minimum Gasteiger partial charge on any atom is -0.478 e. The van der Waals surface area contributed by atoms with Crippen molar-refractivity contribution in [2.24, 2.45) is 0 Å². The Morgan fingerprint density at radius 2 is 2.12 bits per heavy atom. The van der Waals surface area contributed by atoms with Crippen LogP contribution in [-0.4, -0.2) is 48.1 Å². The number of hydrogen-bond donors (Lipinski definition) is 3. The Morgan fingerprint density at radius 1 is 1.50 bits per heavy atom. The molecular weight excluding hydrogens is 210 g/mol. The van der Waals surface area contributed by atoms with Crippen molar-refractivity contribution in [1.29, 1.82) is 0 Å². The molecule has 0 saturated carbocycles. The molecule has 0 aromatic heterocycles. The van der Waals surface area contributed by atoms with Gasteiger partial charge in [0.2, 0.25) is 0 Å². The van der Waals surface area contributed by atoms with Gasteiger partial charge in [-0.2, -0.15) is 0 Å². The lowest BCUT2D eigenvalue weighted by atomic mass is 9.91. The summed E-state index contributed by atoms with van der Waals surface area (Å²) in [6.45, 7) is 3.33. The van der Waals surface area contributed by atoms with Gasteiger partial charge in [-0.05, 0) is 19.8 Å². The van der Waals surface area contributed by atoms with Gasteiger partial charge in [0.1, 0.15) is 0 Å². The van der Waals surface area contributed by atoms with E-state index in [0.717, 1.165) is 12.8 Å². The molecule has 1 saturated heterocycles. The summed E-state index contributed by atoms with van der Waals surface area (Å²) < 4.78 is 5.23. The lowest BCUT2D eigenvalue weighted by Crippen LogP contribution is -2.52. The monoisotopic (exact) mass is 229 g/mol. The predicted molar refractivity (Wildman–Crippen MR) is 59.3 cm³/mol. The van der Waals surface area contributed by atoms with Crippen LogP contribution in [0.15, 0.2) is 11.6 Å². The van der Waals surface area contributed by atoms with E-state index in [-0.39, 0.29) is 12.1 Å². The summed E-state index contributed by atoms with van der Waals surface area (Å²) >= 11 is 0. The van der Waals surface area contributed by atoms with E-state index in [9.17, 15) is 9.90 Å². The van der Waals surface area contributed by atoms with Crippen LogP contribution in [0.2, 0.25) is 0 Å². The van der Waals surface area contributed by atoms with Gasteiger partial charge in [-0.25, -0.2) is 4.79 Å². The van der Waals surface area contributed by atoms with Gasteiger partial charge in [0.05, 0.1) is 6.61 Å². The van der Waals surface area contributed by atoms with Crippen LogP contribution in [0.1, 0.15) is 19.8 Å². The summed E-state index contributed by atoms with van der Waals surface area (Å²) in [4.78, 5) is 10.6. The Labute approximate surface area is 95.1 Å². The predicted octanol–water partition coefficient (Wildman–Crippen LogP) is 0.148. The van der Waals surface area contributed by atoms with Crippen molar-refractivity contribution in [3.05, 3.63) is 11.6 Å². The second kappa shape index (κ2) is 5.98. The van der Waals surface area contributed by atoms with Crippen LogP contribution in [-0.2, 0) is 9.53 Å². The molecule has 0 amide bonds. The van der Waals surface area contributed by atoms with Gasteiger partial charge in [-0.3, -0.25) is 0 Å². The molecule has 1 aliphatic heterocycles. The summed E-state index contributed by atoms with van der Waals surface area (Å²) in [5.74, 6) is -0.910. The van der Waals surface area contributed by atoms with Gasteiger partial charge in [0.15, 0.2) is 0 Å². The number of nitrogens with one attached hydrogen (secondary N) is 1. The number of aliphatic carboxylic acids is 1. The first-order chi connectivity index (χ1) is 7.59. The molecule has 0 spiro atoms. The van der Waals surface area contributed by atoms with E-state index in [1.165, 1.54) is 0 Å². The maximum absolute atomic E-state index is 10.6. The van der Waals surface area contributed by atoms with E-state index in [1.54, 1.807) is 13.0 Å². The highest BCUT2D eigenvalue weighted by molar-refractivity contribution is 5.85. The third kappa shape index (κ3) is 3.59. The van der Waals surface area contributed by atoms with Crippen molar-refractivity contribution in [3.63, 3.8) is 0 Å². The molecule has 0 radical (unpaired) electrons. The van der Waals surface area contributed by atoms with Crippen LogP contribution in [0.25, 0.3) is 0 Å². The summed E-state index contributed by atoms with van der Waals surface area (Å²) in [6, 6.07) is 0. The number of ether oxygens (including phenoxy) is 1. The van der Waals surface area contributed by atoms with Gasteiger partial charge < -0.3 is 20.3 Å². The van der Waals surface area contributed by atoms with E-state index in [4.69, 9.17) is 9.84 Å². The molecule has 5 heteroatoms. The minimum atomic E-state index is -0.910. The lowest BCUT2D eigenvalue weighted by molar-refractivity contribution is -0.132. The van der Waals surface area contributed by atoms with E-state index < -0.39 is 5.97 Å². The molecule has 0 aromatic rings. The first-order valence-corrected chi connectivity index (χ1v) is 5.43. The van der Waals surface area contributed by atoms with Gasteiger partial charge >= 0.3 is 5.97 Å². The molecule has 1 fully saturated rings. The Morgan fingerprint density at radius 3 is 2.62 bits per heavy atom. The molecule has 0 aliphatic carbocycles. The molecule has 92 valence electrons. The average Bonchev–Trinajstić information content (AvgIpc) is 2.30. The molecule has 0 atom stereocenters. The van der Waals surface area contributed by atoms with E-state index >= 15 is 0 Å². The quantitative estimate of drug-likeness (QED) is 0.585. The second-order valence-corrected chi connectivity index (χ2v) is 4.12. The third-order valence-electron chi connectivity index (χ3n) is 2.98. The Hall–Kier alpha value is -0.910. The molecule has 3 N–H and O–H groups in total. The number of aliphatic hydroxyl groups excluding tert-OH is 1. The number of carboxylic acids is 1. The van der Waals surface area contributed by atoms with E-state index in [1.807, 2.05) is 0 Å². The zero-order chi connectivity index (χ0) is 12.0.